The second kappa shape index (κ2) is 5.93. The van der Waals surface area contributed by atoms with E-state index in [1.54, 1.807) is 29.2 Å². The lowest BCUT2D eigenvalue weighted by Crippen LogP contribution is -2.60. The maximum absolute atomic E-state index is 12.0. The molecule has 0 aliphatic carbocycles. The summed E-state index contributed by atoms with van der Waals surface area (Å²) in [6, 6.07) is 12.3. The van der Waals surface area contributed by atoms with Crippen molar-refractivity contribution >= 4 is 11.8 Å². The molecule has 0 spiro atoms. The Bertz CT molecular complexity index is 674. The smallest absolute Gasteiger partial charge is 0.290 e. The van der Waals surface area contributed by atoms with Gasteiger partial charge in [-0.05, 0) is 18.2 Å². The molecule has 3 rings (SSSR count). The molecule has 1 aliphatic rings. The number of ether oxygens (including phenoxy) is 1. The fourth-order valence-corrected chi connectivity index (χ4v) is 2.19. The van der Waals surface area contributed by atoms with E-state index in [4.69, 9.17) is 9.15 Å². The molecule has 6 heteroatoms. The number of furan rings is 1. The standard InChI is InChI=1S/C16H16N2O4/c1-11(19)18-9-12(10-18)17-16(20)14-7-8-15(22-14)21-13-5-3-2-4-6-13/h2-8,12H,9-10H2,1H3,(H,17,20). The number of rotatable bonds is 4. The third-order valence-electron chi connectivity index (χ3n) is 3.43. The Morgan fingerprint density at radius 1 is 1.18 bits per heavy atom. The van der Waals surface area contributed by atoms with E-state index in [1.807, 2.05) is 18.2 Å². The molecule has 2 heterocycles. The highest BCUT2D eigenvalue weighted by Crippen LogP contribution is 2.23. The minimum atomic E-state index is -0.309. The Kier molecular flexibility index (Phi) is 3.82. The fourth-order valence-electron chi connectivity index (χ4n) is 2.19. The van der Waals surface area contributed by atoms with Gasteiger partial charge in [0.15, 0.2) is 5.76 Å². The molecular formula is C16H16N2O4. The van der Waals surface area contributed by atoms with E-state index in [9.17, 15) is 9.59 Å². The highest BCUT2D eigenvalue weighted by atomic mass is 16.6. The summed E-state index contributed by atoms with van der Waals surface area (Å²) in [4.78, 5) is 24.8. The van der Waals surface area contributed by atoms with Crippen molar-refractivity contribution in [3.8, 4) is 11.7 Å². The fraction of sp³-hybridized carbons (Fsp3) is 0.250. The largest absolute Gasteiger partial charge is 0.426 e. The monoisotopic (exact) mass is 300 g/mol. The van der Waals surface area contributed by atoms with Crippen LogP contribution in [0.3, 0.4) is 0 Å². The van der Waals surface area contributed by atoms with Crippen LogP contribution < -0.4 is 10.1 Å². The highest BCUT2D eigenvalue weighted by Gasteiger charge is 2.30. The third-order valence-corrected chi connectivity index (χ3v) is 3.43. The van der Waals surface area contributed by atoms with Crippen molar-refractivity contribution in [1.82, 2.24) is 10.2 Å². The molecule has 1 aromatic carbocycles. The van der Waals surface area contributed by atoms with Gasteiger partial charge in [-0.3, -0.25) is 9.59 Å². The van der Waals surface area contributed by atoms with Crippen LogP contribution in [0.4, 0.5) is 0 Å². The zero-order valence-corrected chi connectivity index (χ0v) is 12.1. The molecule has 0 atom stereocenters. The van der Waals surface area contributed by atoms with Crippen molar-refractivity contribution in [2.75, 3.05) is 13.1 Å². The molecular weight excluding hydrogens is 284 g/mol. The van der Waals surface area contributed by atoms with E-state index in [2.05, 4.69) is 5.32 Å². The minimum absolute atomic E-state index is 0.0158. The van der Waals surface area contributed by atoms with Gasteiger partial charge in [-0.15, -0.1) is 0 Å². The van der Waals surface area contributed by atoms with E-state index < -0.39 is 0 Å². The van der Waals surface area contributed by atoms with Gasteiger partial charge in [0.1, 0.15) is 5.75 Å². The molecule has 1 N–H and O–H groups in total. The minimum Gasteiger partial charge on any atom is -0.426 e. The average Bonchev–Trinajstić information content (AvgIpc) is 2.91. The number of carbonyl (C=O) groups excluding carboxylic acids is 2. The number of nitrogens with zero attached hydrogens (tertiary/aromatic N) is 1. The van der Waals surface area contributed by atoms with Crippen molar-refractivity contribution in [2.24, 2.45) is 0 Å². The van der Waals surface area contributed by atoms with Gasteiger partial charge in [-0.1, -0.05) is 18.2 Å². The molecule has 2 amide bonds. The number of amides is 2. The highest BCUT2D eigenvalue weighted by molar-refractivity contribution is 5.92. The molecule has 1 fully saturated rings. The maximum atomic E-state index is 12.0. The summed E-state index contributed by atoms with van der Waals surface area (Å²) in [5, 5.41) is 2.81. The summed E-state index contributed by atoms with van der Waals surface area (Å²) in [5.74, 6) is 0.792. The molecule has 22 heavy (non-hydrogen) atoms. The Balaban J connectivity index is 1.55. The van der Waals surface area contributed by atoms with Crippen LogP contribution in [0.15, 0.2) is 46.9 Å². The molecule has 0 radical (unpaired) electrons. The second-order valence-corrected chi connectivity index (χ2v) is 5.13. The lowest BCUT2D eigenvalue weighted by atomic mass is 10.1. The average molecular weight is 300 g/mol. The first kappa shape index (κ1) is 14.2. The van der Waals surface area contributed by atoms with Crippen LogP contribution in [0.25, 0.3) is 0 Å². The lowest BCUT2D eigenvalue weighted by molar-refractivity contribution is -0.133. The SMILES string of the molecule is CC(=O)N1CC(NC(=O)c2ccc(Oc3ccccc3)o2)C1. The first-order valence-corrected chi connectivity index (χ1v) is 7.01. The topological polar surface area (TPSA) is 71.8 Å². The number of carbonyl (C=O) groups is 2. The zero-order valence-electron chi connectivity index (χ0n) is 12.1. The number of hydrogen-bond donors (Lipinski definition) is 1. The molecule has 1 aromatic heterocycles. The molecule has 0 saturated carbocycles. The summed E-state index contributed by atoms with van der Waals surface area (Å²) in [6.07, 6.45) is 0. The van der Waals surface area contributed by atoms with Gasteiger partial charge in [0.2, 0.25) is 5.91 Å². The molecule has 114 valence electrons. The van der Waals surface area contributed by atoms with Crippen LogP contribution in [0.5, 0.6) is 11.7 Å². The summed E-state index contributed by atoms with van der Waals surface area (Å²) < 4.78 is 10.9. The molecule has 0 bridgehead atoms. The van der Waals surface area contributed by atoms with Gasteiger partial charge in [-0.2, -0.15) is 0 Å². The summed E-state index contributed by atoms with van der Waals surface area (Å²) in [7, 11) is 0. The van der Waals surface area contributed by atoms with Crippen molar-refractivity contribution < 1.29 is 18.7 Å². The van der Waals surface area contributed by atoms with Crippen LogP contribution in [-0.4, -0.2) is 35.8 Å². The predicted molar refractivity (Wildman–Crippen MR) is 78.7 cm³/mol. The van der Waals surface area contributed by atoms with Crippen molar-refractivity contribution in [3.63, 3.8) is 0 Å². The molecule has 6 nitrogen and oxygen atoms in total. The van der Waals surface area contributed by atoms with E-state index >= 15 is 0 Å². The molecule has 1 aliphatic heterocycles. The zero-order chi connectivity index (χ0) is 15.5. The van der Waals surface area contributed by atoms with Crippen LogP contribution in [0.1, 0.15) is 17.5 Å². The Hall–Kier alpha value is -2.76. The van der Waals surface area contributed by atoms with Gasteiger partial charge < -0.3 is 19.4 Å². The van der Waals surface area contributed by atoms with Crippen molar-refractivity contribution in [3.05, 3.63) is 48.2 Å². The molecule has 1 saturated heterocycles. The van der Waals surface area contributed by atoms with E-state index in [1.165, 1.54) is 6.92 Å². The normalized spacial score (nSPS) is 14.3. The van der Waals surface area contributed by atoms with Gasteiger partial charge in [0.05, 0.1) is 6.04 Å². The molecule has 2 aromatic rings. The third kappa shape index (κ3) is 3.11. The van der Waals surface area contributed by atoms with Crippen LogP contribution in [-0.2, 0) is 4.79 Å². The van der Waals surface area contributed by atoms with Gasteiger partial charge in [0, 0.05) is 26.1 Å². The summed E-state index contributed by atoms with van der Waals surface area (Å²) >= 11 is 0. The molecule has 0 unspecified atom stereocenters. The van der Waals surface area contributed by atoms with Crippen molar-refractivity contribution in [2.45, 2.75) is 13.0 Å². The van der Waals surface area contributed by atoms with E-state index in [0.717, 1.165) is 0 Å². The van der Waals surface area contributed by atoms with Crippen LogP contribution >= 0.6 is 0 Å². The van der Waals surface area contributed by atoms with Crippen LogP contribution in [0.2, 0.25) is 0 Å². The number of nitrogens with one attached hydrogen (secondary N) is 1. The number of likely N-dealkylation sites (tertiary alicyclic amines) is 1. The Morgan fingerprint density at radius 3 is 2.59 bits per heavy atom. The number of benzene rings is 1. The van der Waals surface area contributed by atoms with E-state index in [0.29, 0.717) is 18.8 Å². The number of para-hydroxylation sites is 1. The first-order chi connectivity index (χ1) is 10.6. The Morgan fingerprint density at radius 2 is 1.91 bits per heavy atom. The van der Waals surface area contributed by atoms with E-state index in [-0.39, 0.29) is 29.6 Å². The summed E-state index contributed by atoms with van der Waals surface area (Å²) in [5.41, 5.74) is 0. The predicted octanol–water partition coefficient (Wildman–Crippen LogP) is 2.03. The number of hydrogen-bond acceptors (Lipinski definition) is 4. The van der Waals surface area contributed by atoms with Gasteiger partial charge in [0.25, 0.3) is 11.9 Å². The summed E-state index contributed by atoms with van der Waals surface area (Å²) in [6.45, 7) is 2.59. The first-order valence-electron chi connectivity index (χ1n) is 7.01. The lowest BCUT2D eigenvalue weighted by Gasteiger charge is -2.38. The van der Waals surface area contributed by atoms with Gasteiger partial charge in [-0.25, -0.2) is 0 Å². The maximum Gasteiger partial charge on any atom is 0.290 e. The van der Waals surface area contributed by atoms with Crippen LogP contribution in [0, 0.1) is 0 Å². The second-order valence-electron chi connectivity index (χ2n) is 5.13. The quantitative estimate of drug-likeness (QED) is 0.938. The van der Waals surface area contributed by atoms with Gasteiger partial charge >= 0.3 is 0 Å². The van der Waals surface area contributed by atoms with Crippen molar-refractivity contribution in [1.29, 1.82) is 0 Å². The Labute approximate surface area is 127 Å².